The number of halogens is 3. The molecule has 7 nitrogen and oxygen atoms in total. The molecule has 0 aromatic carbocycles. The topological polar surface area (TPSA) is 107 Å². The van der Waals surface area contributed by atoms with Gasteiger partial charge in [-0.3, -0.25) is 14.1 Å². The molecule has 23 heavy (non-hydrogen) atoms. The van der Waals surface area contributed by atoms with E-state index < -0.39 is 45.5 Å². The molecule has 11 heteroatoms. The maximum absolute atomic E-state index is 12.6. The van der Waals surface area contributed by atoms with E-state index >= 15 is 0 Å². The Bertz CT molecular complexity index is 535. The van der Waals surface area contributed by atoms with E-state index in [4.69, 9.17) is 9.29 Å². The van der Waals surface area contributed by atoms with Crippen LogP contribution in [0.3, 0.4) is 0 Å². The van der Waals surface area contributed by atoms with Crippen molar-refractivity contribution >= 4 is 22.1 Å². The fraction of sp³-hybridized carbons (Fsp3) is 0.833. The van der Waals surface area contributed by atoms with Gasteiger partial charge < -0.3 is 9.47 Å². The monoisotopic (exact) mass is 362 g/mol. The highest BCUT2D eigenvalue weighted by Gasteiger charge is 2.55. The van der Waals surface area contributed by atoms with Crippen LogP contribution < -0.4 is 0 Å². The van der Waals surface area contributed by atoms with Crippen LogP contribution in [0.5, 0.6) is 0 Å². The molecule has 0 amide bonds. The Balaban J connectivity index is 2.64. The average molecular weight is 362 g/mol. The summed E-state index contributed by atoms with van der Waals surface area (Å²) in [5.74, 6) is -2.92. The molecular formula is C12H17F3O7S. The predicted octanol–water partition coefficient (Wildman–Crippen LogP) is 1.47. The Hall–Kier alpha value is -1.36. The van der Waals surface area contributed by atoms with Crippen LogP contribution in [0.4, 0.5) is 13.2 Å². The third-order valence-corrected chi connectivity index (χ3v) is 4.44. The van der Waals surface area contributed by atoms with Crippen LogP contribution in [0.2, 0.25) is 0 Å². The van der Waals surface area contributed by atoms with Gasteiger partial charge in [0.05, 0.1) is 12.5 Å². The molecule has 134 valence electrons. The van der Waals surface area contributed by atoms with Gasteiger partial charge in [0.15, 0.2) is 0 Å². The first-order valence-corrected chi connectivity index (χ1v) is 8.37. The van der Waals surface area contributed by atoms with Crippen LogP contribution >= 0.6 is 0 Å². The summed E-state index contributed by atoms with van der Waals surface area (Å²) in [5.41, 5.74) is 0. The minimum Gasteiger partial charge on any atom is -0.466 e. The maximum atomic E-state index is 12.6. The van der Waals surface area contributed by atoms with Crippen LogP contribution in [-0.4, -0.2) is 49.0 Å². The summed E-state index contributed by atoms with van der Waals surface area (Å²) < 4.78 is 77.2. The van der Waals surface area contributed by atoms with E-state index in [9.17, 15) is 31.2 Å². The fourth-order valence-corrected chi connectivity index (χ4v) is 2.96. The maximum Gasteiger partial charge on any atom is 0.418 e. The number of carbonyl (C=O) groups excluding carboxylic acids is 2. The van der Waals surface area contributed by atoms with Crippen molar-refractivity contribution in [1.29, 1.82) is 0 Å². The molecule has 1 aliphatic rings. The largest absolute Gasteiger partial charge is 0.466 e. The third kappa shape index (κ3) is 5.65. The number of ether oxygens (including phenoxy) is 2. The van der Waals surface area contributed by atoms with Gasteiger partial charge in [-0.2, -0.15) is 21.6 Å². The molecule has 1 unspecified atom stereocenters. The second kappa shape index (κ2) is 7.47. The van der Waals surface area contributed by atoms with Crippen molar-refractivity contribution in [1.82, 2.24) is 0 Å². The lowest BCUT2D eigenvalue weighted by Gasteiger charge is -2.28. The van der Waals surface area contributed by atoms with Crippen molar-refractivity contribution in [3.05, 3.63) is 0 Å². The number of carbonyl (C=O) groups is 2. The number of rotatable bonds is 5. The van der Waals surface area contributed by atoms with E-state index in [1.807, 2.05) is 0 Å². The minimum atomic E-state index is -5.68. The lowest BCUT2D eigenvalue weighted by atomic mass is 9.87. The Labute approximate surface area is 130 Å². The number of alkyl halides is 3. The van der Waals surface area contributed by atoms with Gasteiger partial charge in [-0.05, 0) is 32.6 Å². The van der Waals surface area contributed by atoms with Crippen LogP contribution in [0.1, 0.15) is 32.6 Å². The van der Waals surface area contributed by atoms with Gasteiger partial charge in [-0.15, -0.1) is 0 Å². The van der Waals surface area contributed by atoms with Gasteiger partial charge in [0.1, 0.15) is 6.10 Å². The zero-order valence-electron chi connectivity index (χ0n) is 12.2. The van der Waals surface area contributed by atoms with Crippen molar-refractivity contribution in [3.8, 4) is 0 Å². The molecule has 0 saturated heterocycles. The van der Waals surface area contributed by atoms with E-state index in [0.29, 0.717) is 0 Å². The number of hydrogen-bond donors (Lipinski definition) is 1. The average Bonchev–Trinajstić information content (AvgIpc) is 2.36. The standard InChI is InChI=1S/C12H17F3O7S/c1-2-21-10(16)7-3-5-8(6-4-7)22-11(17)9(12(13,14)15)23(18,19)20/h7-9H,2-6H2,1H3,(H,18,19,20). The molecule has 0 spiro atoms. The van der Waals surface area contributed by atoms with Gasteiger partial charge in [0.25, 0.3) is 15.4 Å². The highest BCUT2D eigenvalue weighted by Crippen LogP contribution is 2.31. The summed E-state index contributed by atoms with van der Waals surface area (Å²) in [6, 6.07) is 0. The van der Waals surface area contributed by atoms with Crippen molar-refractivity contribution in [2.75, 3.05) is 6.61 Å². The van der Waals surface area contributed by atoms with E-state index in [1.165, 1.54) is 0 Å². The fourth-order valence-electron chi connectivity index (χ4n) is 2.33. The van der Waals surface area contributed by atoms with E-state index in [-0.39, 0.29) is 32.3 Å². The molecule has 0 aromatic rings. The first-order valence-electron chi connectivity index (χ1n) is 6.87. The molecule has 0 aromatic heterocycles. The second-order valence-corrected chi connectivity index (χ2v) is 6.60. The summed E-state index contributed by atoms with van der Waals surface area (Å²) in [6.07, 6.45) is -5.72. The Morgan fingerprint density at radius 2 is 1.74 bits per heavy atom. The highest BCUT2D eigenvalue weighted by atomic mass is 32.2. The van der Waals surface area contributed by atoms with E-state index in [0.717, 1.165) is 0 Å². The molecule has 0 aliphatic heterocycles. The van der Waals surface area contributed by atoms with Crippen LogP contribution in [-0.2, 0) is 29.2 Å². The van der Waals surface area contributed by atoms with Gasteiger partial charge in [0, 0.05) is 0 Å². The lowest BCUT2D eigenvalue weighted by molar-refractivity contribution is -0.175. The Morgan fingerprint density at radius 1 is 1.22 bits per heavy atom. The molecule has 0 heterocycles. The summed E-state index contributed by atoms with van der Waals surface area (Å²) in [5, 5.41) is -3.63. The molecular weight excluding hydrogens is 345 g/mol. The molecule has 1 saturated carbocycles. The SMILES string of the molecule is CCOC(=O)C1CCC(OC(=O)C(C(F)(F)F)S(=O)(=O)O)CC1. The lowest BCUT2D eigenvalue weighted by Crippen LogP contribution is -2.45. The van der Waals surface area contributed by atoms with E-state index in [2.05, 4.69) is 4.74 Å². The quantitative estimate of drug-likeness (QED) is 0.583. The number of esters is 2. The van der Waals surface area contributed by atoms with Crippen molar-refractivity contribution in [2.24, 2.45) is 5.92 Å². The molecule has 1 aliphatic carbocycles. The summed E-state index contributed by atoms with van der Waals surface area (Å²) in [4.78, 5) is 23.0. The second-order valence-electron chi connectivity index (χ2n) is 5.10. The Kier molecular flexibility index (Phi) is 6.40. The molecule has 1 N–H and O–H groups in total. The van der Waals surface area contributed by atoms with E-state index in [1.54, 1.807) is 6.92 Å². The molecule has 1 fully saturated rings. The van der Waals surface area contributed by atoms with Crippen molar-refractivity contribution < 1.29 is 45.2 Å². The normalized spacial score (nSPS) is 23.9. The summed E-state index contributed by atoms with van der Waals surface area (Å²) >= 11 is 0. The molecule has 0 bridgehead atoms. The van der Waals surface area contributed by atoms with Gasteiger partial charge in [0.2, 0.25) is 0 Å². The highest BCUT2D eigenvalue weighted by molar-refractivity contribution is 7.87. The zero-order chi connectivity index (χ0) is 17.8. The van der Waals surface area contributed by atoms with Gasteiger partial charge in [-0.25, -0.2) is 0 Å². The van der Waals surface area contributed by atoms with Gasteiger partial charge >= 0.3 is 18.1 Å². The zero-order valence-corrected chi connectivity index (χ0v) is 13.0. The predicted molar refractivity (Wildman–Crippen MR) is 69.9 cm³/mol. The van der Waals surface area contributed by atoms with Crippen LogP contribution in [0.15, 0.2) is 0 Å². The minimum absolute atomic E-state index is 0.102. The number of hydrogen-bond acceptors (Lipinski definition) is 6. The summed E-state index contributed by atoms with van der Waals surface area (Å²) in [6.45, 7) is 1.84. The summed E-state index contributed by atoms with van der Waals surface area (Å²) in [7, 11) is -5.68. The van der Waals surface area contributed by atoms with Crippen molar-refractivity contribution in [3.63, 3.8) is 0 Å². The third-order valence-electron chi connectivity index (χ3n) is 3.39. The molecule has 0 radical (unpaired) electrons. The van der Waals surface area contributed by atoms with Crippen LogP contribution in [0, 0.1) is 5.92 Å². The molecule has 1 rings (SSSR count). The van der Waals surface area contributed by atoms with Gasteiger partial charge in [-0.1, -0.05) is 0 Å². The van der Waals surface area contributed by atoms with Crippen LogP contribution in [0.25, 0.3) is 0 Å². The first kappa shape index (κ1) is 19.7. The smallest absolute Gasteiger partial charge is 0.418 e. The first-order chi connectivity index (χ1) is 10.5. The van der Waals surface area contributed by atoms with Crippen molar-refractivity contribution in [2.45, 2.75) is 50.1 Å². The Morgan fingerprint density at radius 3 is 2.13 bits per heavy atom. The molecule has 1 atom stereocenters.